The zero-order valence-electron chi connectivity index (χ0n) is 19.7. The van der Waals surface area contributed by atoms with Gasteiger partial charge in [0.2, 0.25) is 17.7 Å². The molecule has 0 aromatic rings. The number of ether oxygens (including phenoxy) is 1. The number of nitrogens with one attached hydrogen (secondary N) is 3. The van der Waals surface area contributed by atoms with E-state index in [4.69, 9.17) is 9.84 Å². The predicted molar refractivity (Wildman–Crippen MR) is 116 cm³/mol. The number of carboxylic acids is 1. The van der Waals surface area contributed by atoms with E-state index < -0.39 is 53.5 Å². The van der Waals surface area contributed by atoms with Crippen LogP contribution in [0.4, 0.5) is 4.79 Å². The van der Waals surface area contributed by atoms with Crippen LogP contribution in [0, 0.1) is 5.92 Å². The Kier molecular flexibility index (Phi) is 9.92. The number of carboxylic acid groups (broad SMARTS) is 1. The van der Waals surface area contributed by atoms with Crippen LogP contribution in [0.2, 0.25) is 0 Å². The number of likely N-dealkylation sites (tertiary alicyclic amines) is 1. The average molecular weight is 457 g/mol. The molecule has 0 spiro atoms. The molecule has 1 fully saturated rings. The zero-order valence-corrected chi connectivity index (χ0v) is 19.7. The molecule has 182 valence electrons. The second kappa shape index (κ2) is 11.7. The molecule has 0 aromatic heterocycles. The number of aliphatic carboxylic acids is 1. The molecule has 1 saturated heterocycles. The van der Waals surface area contributed by atoms with Gasteiger partial charge in [-0.3, -0.25) is 19.2 Å². The molecule has 0 aromatic carbocycles. The Bertz CT molecular complexity index is 717. The summed E-state index contributed by atoms with van der Waals surface area (Å²) in [6, 6.07) is -2.74. The number of hydrogen-bond donors (Lipinski definition) is 4. The first-order chi connectivity index (χ1) is 14.7. The summed E-state index contributed by atoms with van der Waals surface area (Å²) in [4.78, 5) is 62.0. The fraction of sp³-hybridized carbons (Fsp3) is 0.762. The van der Waals surface area contributed by atoms with Gasteiger partial charge >= 0.3 is 12.1 Å². The van der Waals surface area contributed by atoms with Crippen LogP contribution in [-0.2, 0) is 23.9 Å². The monoisotopic (exact) mass is 456 g/mol. The smallest absolute Gasteiger partial charge is 0.408 e. The molecule has 11 heteroatoms. The van der Waals surface area contributed by atoms with Crippen molar-refractivity contribution >= 4 is 29.8 Å². The minimum atomic E-state index is -1.17. The van der Waals surface area contributed by atoms with E-state index in [9.17, 15) is 24.0 Å². The van der Waals surface area contributed by atoms with Gasteiger partial charge in [0.1, 0.15) is 23.7 Å². The van der Waals surface area contributed by atoms with Crippen LogP contribution in [0.15, 0.2) is 0 Å². The Morgan fingerprint density at radius 2 is 1.72 bits per heavy atom. The summed E-state index contributed by atoms with van der Waals surface area (Å²) in [5.74, 6) is -2.60. The molecule has 4 amide bonds. The van der Waals surface area contributed by atoms with Gasteiger partial charge in [0.05, 0.1) is 6.54 Å². The molecule has 3 unspecified atom stereocenters. The van der Waals surface area contributed by atoms with Crippen molar-refractivity contribution in [2.75, 3.05) is 13.1 Å². The first-order valence-electron chi connectivity index (χ1n) is 10.8. The number of nitrogens with zero attached hydrogens (tertiary/aromatic N) is 1. The Hall–Kier alpha value is -2.85. The van der Waals surface area contributed by atoms with Crippen molar-refractivity contribution in [1.82, 2.24) is 20.9 Å². The molecule has 0 saturated carbocycles. The molecular formula is C21H36N4O7. The van der Waals surface area contributed by atoms with Crippen LogP contribution in [0.25, 0.3) is 0 Å². The fourth-order valence-corrected chi connectivity index (χ4v) is 3.25. The largest absolute Gasteiger partial charge is 0.480 e. The third kappa shape index (κ3) is 9.11. The van der Waals surface area contributed by atoms with Crippen molar-refractivity contribution in [3.05, 3.63) is 0 Å². The van der Waals surface area contributed by atoms with Gasteiger partial charge < -0.3 is 30.7 Å². The number of amides is 4. The standard InChI is InChI=1S/C21H36N4O7/c1-12(2)10-14(24-20(31)32-21(4,5)6)17(27)22-11-16(26)25-9-7-8-15(25)18(28)23-13(3)19(29)30/h12-15H,7-11H2,1-6H3,(H,22,27)(H,23,28)(H,24,31)(H,29,30). The quantitative estimate of drug-likeness (QED) is 0.396. The van der Waals surface area contributed by atoms with E-state index in [-0.39, 0.29) is 12.5 Å². The highest BCUT2D eigenvalue weighted by molar-refractivity contribution is 5.93. The molecule has 0 aliphatic carbocycles. The van der Waals surface area contributed by atoms with Crippen molar-refractivity contribution in [3.8, 4) is 0 Å². The summed E-state index contributed by atoms with van der Waals surface area (Å²) in [6.45, 7) is 10.3. The Labute approximate surface area is 188 Å². The summed E-state index contributed by atoms with van der Waals surface area (Å²) in [6.07, 6.45) is 0.623. The Morgan fingerprint density at radius 1 is 1.09 bits per heavy atom. The fourth-order valence-electron chi connectivity index (χ4n) is 3.25. The van der Waals surface area contributed by atoms with E-state index in [1.807, 2.05) is 13.8 Å². The summed E-state index contributed by atoms with van der Waals surface area (Å²) in [5.41, 5.74) is -0.720. The van der Waals surface area contributed by atoms with Crippen LogP contribution in [0.3, 0.4) is 0 Å². The lowest BCUT2D eigenvalue weighted by Crippen LogP contribution is -2.53. The van der Waals surface area contributed by atoms with Crippen molar-refractivity contribution in [2.24, 2.45) is 5.92 Å². The highest BCUT2D eigenvalue weighted by Crippen LogP contribution is 2.17. The first-order valence-corrected chi connectivity index (χ1v) is 10.8. The van der Waals surface area contributed by atoms with Crippen molar-refractivity contribution < 1.29 is 33.8 Å². The van der Waals surface area contributed by atoms with Gasteiger partial charge in [-0.2, -0.15) is 0 Å². The highest BCUT2D eigenvalue weighted by Gasteiger charge is 2.35. The lowest BCUT2D eigenvalue weighted by molar-refractivity contribution is -0.143. The van der Waals surface area contributed by atoms with Crippen LogP contribution in [0.1, 0.15) is 60.8 Å². The average Bonchev–Trinajstić information content (AvgIpc) is 3.13. The summed E-state index contributed by atoms with van der Waals surface area (Å²) >= 11 is 0. The number of alkyl carbamates (subject to hydrolysis) is 1. The van der Waals surface area contributed by atoms with E-state index in [2.05, 4.69) is 16.0 Å². The number of carbonyl (C=O) groups excluding carboxylic acids is 4. The van der Waals surface area contributed by atoms with Crippen molar-refractivity contribution in [1.29, 1.82) is 0 Å². The molecule has 1 aliphatic heterocycles. The van der Waals surface area contributed by atoms with Crippen LogP contribution >= 0.6 is 0 Å². The number of carbonyl (C=O) groups is 5. The lowest BCUT2D eigenvalue weighted by Gasteiger charge is -2.26. The van der Waals surface area contributed by atoms with Crippen molar-refractivity contribution in [2.45, 2.75) is 84.5 Å². The maximum absolute atomic E-state index is 12.6. The van der Waals surface area contributed by atoms with Crippen LogP contribution in [0.5, 0.6) is 0 Å². The molecule has 1 heterocycles. The Morgan fingerprint density at radius 3 is 2.25 bits per heavy atom. The van der Waals surface area contributed by atoms with Crippen LogP contribution in [-0.4, -0.2) is 76.6 Å². The predicted octanol–water partition coefficient (Wildman–Crippen LogP) is 0.622. The normalized spacial score (nSPS) is 18.0. The third-order valence-electron chi connectivity index (χ3n) is 4.73. The first kappa shape index (κ1) is 27.2. The van der Waals surface area contributed by atoms with Gasteiger partial charge in [-0.25, -0.2) is 4.79 Å². The van der Waals surface area contributed by atoms with E-state index >= 15 is 0 Å². The molecule has 1 rings (SSSR count). The van der Waals surface area contributed by atoms with E-state index in [1.165, 1.54) is 11.8 Å². The van der Waals surface area contributed by atoms with Crippen molar-refractivity contribution in [3.63, 3.8) is 0 Å². The van der Waals surface area contributed by atoms with E-state index in [0.29, 0.717) is 25.8 Å². The van der Waals surface area contributed by atoms with Gasteiger partial charge in [-0.05, 0) is 52.9 Å². The number of rotatable bonds is 9. The van der Waals surface area contributed by atoms with Gasteiger partial charge in [0, 0.05) is 6.54 Å². The maximum atomic E-state index is 12.6. The SMILES string of the molecule is CC(C)CC(NC(=O)OC(C)(C)C)C(=O)NCC(=O)N1CCCC1C(=O)NC(C)C(=O)O. The molecule has 4 N–H and O–H groups in total. The van der Waals surface area contributed by atoms with Gasteiger partial charge in [-0.1, -0.05) is 13.8 Å². The number of hydrogen-bond acceptors (Lipinski definition) is 6. The minimum absolute atomic E-state index is 0.0965. The molecule has 1 aliphatic rings. The highest BCUT2D eigenvalue weighted by atomic mass is 16.6. The topological polar surface area (TPSA) is 154 Å². The molecule has 32 heavy (non-hydrogen) atoms. The summed E-state index contributed by atoms with van der Waals surface area (Å²) in [7, 11) is 0. The molecule has 0 radical (unpaired) electrons. The second-order valence-corrected chi connectivity index (χ2v) is 9.36. The van der Waals surface area contributed by atoms with Gasteiger partial charge in [0.15, 0.2) is 0 Å². The summed E-state index contributed by atoms with van der Waals surface area (Å²) in [5, 5.41) is 16.4. The molecular weight excluding hydrogens is 420 g/mol. The lowest BCUT2D eigenvalue weighted by atomic mass is 10.0. The van der Waals surface area contributed by atoms with Gasteiger partial charge in [0.25, 0.3) is 0 Å². The van der Waals surface area contributed by atoms with Crippen LogP contribution < -0.4 is 16.0 Å². The van der Waals surface area contributed by atoms with Gasteiger partial charge in [-0.15, -0.1) is 0 Å². The molecule has 3 atom stereocenters. The minimum Gasteiger partial charge on any atom is -0.480 e. The second-order valence-electron chi connectivity index (χ2n) is 9.36. The van der Waals surface area contributed by atoms with E-state index in [1.54, 1.807) is 20.8 Å². The summed E-state index contributed by atoms with van der Waals surface area (Å²) < 4.78 is 5.20. The third-order valence-corrected chi connectivity index (χ3v) is 4.73. The Balaban J connectivity index is 2.70. The van der Waals surface area contributed by atoms with E-state index in [0.717, 1.165) is 0 Å². The molecule has 11 nitrogen and oxygen atoms in total. The maximum Gasteiger partial charge on any atom is 0.408 e. The molecule has 0 bridgehead atoms. The zero-order chi connectivity index (χ0) is 24.6.